The third-order valence-electron chi connectivity index (χ3n) is 4.00. The van der Waals surface area contributed by atoms with E-state index in [9.17, 15) is 26.4 Å². The van der Waals surface area contributed by atoms with Crippen LogP contribution in [0.2, 0.25) is 0 Å². The van der Waals surface area contributed by atoms with Gasteiger partial charge in [-0.15, -0.1) is 0 Å². The molecule has 0 saturated carbocycles. The Balaban J connectivity index is 2.15. The second-order valence-corrected chi connectivity index (χ2v) is 7.72. The second kappa shape index (κ2) is 7.95. The predicted octanol–water partition coefficient (Wildman–Crippen LogP) is 3.01. The fourth-order valence-electron chi connectivity index (χ4n) is 2.70. The van der Waals surface area contributed by atoms with Crippen LogP contribution in [0.3, 0.4) is 0 Å². The highest BCUT2D eigenvalue weighted by atomic mass is 32.2. The lowest BCUT2D eigenvalue weighted by molar-refractivity contribution is 0.194. The summed E-state index contributed by atoms with van der Waals surface area (Å²) in [6.07, 6.45) is 1.09. The molecule has 2 N–H and O–H groups in total. The lowest BCUT2D eigenvalue weighted by atomic mass is 10.1. The molecule has 0 spiro atoms. The van der Waals surface area contributed by atoms with Crippen molar-refractivity contribution in [2.75, 3.05) is 6.54 Å². The molecule has 0 bridgehead atoms. The number of hydrogen-bond acceptors (Lipinski definition) is 4. The quantitative estimate of drug-likeness (QED) is 0.592. The molecule has 0 atom stereocenters. The highest BCUT2D eigenvalue weighted by Crippen LogP contribution is 2.29. The first-order chi connectivity index (χ1) is 13.7. The minimum Gasteiger partial charge on any atom is -0.465 e. The standard InChI is InChI=1S/C18H14F3N3O4S/c19-12-3-4-14(20)16(9-12)29(27,28)24-10-11(5-7-23-18(25)26)8-15(24)13-2-1-6-22-17(13)21/h1-4,6,8-10,23H,5,7H2,(H,25,26). The van der Waals surface area contributed by atoms with Gasteiger partial charge in [0.15, 0.2) is 0 Å². The van der Waals surface area contributed by atoms with Gasteiger partial charge in [-0.2, -0.15) is 4.39 Å². The first kappa shape index (κ1) is 20.4. The van der Waals surface area contributed by atoms with Crippen LogP contribution >= 0.6 is 0 Å². The molecule has 1 aromatic carbocycles. The largest absolute Gasteiger partial charge is 0.465 e. The molecule has 0 aliphatic heterocycles. The van der Waals surface area contributed by atoms with Crippen LogP contribution in [-0.2, 0) is 16.4 Å². The summed E-state index contributed by atoms with van der Waals surface area (Å²) in [5.41, 5.74) is -0.00712. The summed E-state index contributed by atoms with van der Waals surface area (Å²) in [5, 5.41) is 10.8. The topological polar surface area (TPSA) is 101 Å². The van der Waals surface area contributed by atoms with Crippen LogP contribution in [0.5, 0.6) is 0 Å². The van der Waals surface area contributed by atoms with Crippen molar-refractivity contribution in [3.63, 3.8) is 0 Å². The first-order valence-electron chi connectivity index (χ1n) is 8.19. The summed E-state index contributed by atoms with van der Waals surface area (Å²) in [5.74, 6) is -3.10. The molecule has 11 heteroatoms. The number of hydrogen-bond donors (Lipinski definition) is 2. The second-order valence-electron chi connectivity index (χ2n) is 5.93. The Kier molecular flexibility index (Phi) is 5.59. The molecule has 0 fully saturated rings. The van der Waals surface area contributed by atoms with Gasteiger partial charge in [-0.05, 0) is 48.4 Å². The Morgan fingerprint density at radius 3 is 2.62 bits per heavy atom. The van der Waals surface area contributed by atoms with Crippen molar-refractivity contribution in [2.45, 2.75) is 11.3 Å². The number of nitrogens with one attached hydrogen (secondary N) is 1. The van der Waals surface area contributed by atoms with E-state index in [1.807, 2.05) is 0 Å². The molecule has 7 nitrogen and oxygen atoms in total. The zero-order chi connectivity index (χ0) is 21.2. The third kappa shape index (κ3) is 4.24. The van der Waals surface area contributed by atoms with E-state index >= 15 is 0 Å². The number of halogens is 3. The Bertz CT molecular complexity index is 1180. The summed E-state index contributed by atoms with van der Waals surface area (Å²) < 4.78 is 68.6. The van der Waals surface area contributed by atoms with Gasteiger partial charge in [-0.1, -0.05) is 0 Å². The summed E-state index contributed by atoms with van der Waals surface area (Å²) >= 11 is 0. The number of rotatable bonds is 6. The van der Waals surface area contributed by atoms with Gasteiger partial charge in [0.1, 0.15) is 16.5 Å². The van der Waals surface area contributed by atoms with Crippen molar-refractivity contribution >= 4 is 16.1 Å². The molecule has 1 amide bonds. The molecule has 2 heterocycles. The minimum absolute atomic E-state index is 0.0390. The summed E-state index contributed by atoms with van der Waals surface area (Å²) in [4.78, 5) is 13.2. The van der Waals surface area contributed by atoms with Crippen molar-refractivity contribution in [2.24, 2.45) is 0 Å². The average molecular weight is 425 g/mol. The molecule has 0 aliphatic carbocycles. The maximum absolute atomic E-state index is 14.2. The lowest BCUT2D eigenvalue weighted by Crippen LogP contribution is -2.23. The molecule has 0 radical (unpaired) electrons. The Hall–Kier alpha value is -3.34. The summed E-state index contributed by atoms with van der Waals surface area (Å²) in [6, 6.07) is 5.96. The lowest BCUT2D eigenvalue weighted by Gasteiger charge is -2.11. The highest BCUT2D eigenvalue weighted by Gasteiger charge is 2.26. The monoisotopic (exact) mass is 425 g/mol. The first-order valence-corrected chi connectivity index (χ1v) is 9.63. The van der Waals surface area contributed by atoms with Crippen molar-refractivity contribution in [3.05, 3.63) is 71.9 Å². The van der Waals surface area contributed by atoms with E-state index in [-0.39, 0.29) is 24.2 Å². The number of nitrogens with zero attached hydrogens (tertiary/aromatic N) is 2. The van der Waals surface area contributed by atoms with E-state index in [1.165, 1.54) is 24.4 Å². The molecular formula is C18H14F3N3O4S. The van der Waals surface area contributed by atoms with Crippen molar-refractivity contribution in [3.8, 4) is 11.3 Å². The van der Waals surface area contributed by atoms with Crippen molar-refractivity contribution in [1.82, 2.24) is 14.3 Å². The van der Waals surface area contributed by atoms with Gasteiger partial charge in [0.25, 0.3) is 10.0 Å². The zero-order valence-electron chi connectivity index (χ0n) is 14.6. The molecule has 2 aromatic heterocycles. The molecule has 29 heavy (non-hydrogen) atoms. The number of carboxylic acid groups (broad SMARTS) is 1. The van der Waals surface area contributed by atoms with E-state index in [1.54, 1.807) is 0 Å². The van der Waals surface area contributed by atoms with Gasteiger partial charge in [0.2, 0.25) is 5.95 Å². The van der Waals surface area contributed by atoms with E-state index in [0.717, 1.165) is 12.3 Å². The van der Waals surface area contributed by atoms with Gasteiger partial charge in [-0.25, -0.2) is 30.9 Å². The van der Waals surface area contributed by atoms with Crippen LogP contribution < -0.4 is 5.32 Å². The van der Waals surface area contributed by atoms with Crippen LogP contribution in [0.25, 0.3) is 11.3 Å². The van der Waals surface area contributed by atoms with Crippen LogP contribution in [0, 0.1) is 17.6 Å². The van der Waals surface area contributed by atoms with Gasteiger partial charge in [0, 0.05) is 18.9 Å². The zero-order valence-corrected chi connectivity index (χ0v) is 15.5. The van der Waals surface area contributed by atoms with E-state index in [4.69, 9.17) is 5.11 Å². The van der Waals surface area contributed by atoms with E-state index < -0.39 is 38.6 Å². The number of aromatic nitrogens is 2. The number of benzene rings is 1. The van der Waals surface area contributed by atoms with Crippen LogP contribution in [0.1, 0.15) is 5.56 Å². The van der Waals surface area contributed by atoms with Crippen molar-refractivity contribution < 1.29 is 31.5 Å². The van der Waals surface area contributed by atoms with Gasteiger partial charge in [0.05, 0.1) is 11.3 Å². The van der Waals surface area contributed by atoms with Gasteiger partial charge < -0.3 is 10.4 Å². The van der Waals surface area contributed by atoms with Crippen molar-refractivity contribution in [1.29, 1.82) is 0 Å². The average Bonchev–Trinajstić information content (AvgIpc) is 3.08. The summed E-state index contributed by atoms with van der Waals surface area (Å²) in [7, 11) is -4.64. The SMILES string of the molecule is O=C(O)NCCc1cc(-c2cccnc2F)n(S(=O)(=O)c2cc(F)ccc2F)c1. The number of amides is 1. The number of pyridine rings is 1. The van der Waals surface area contributed by atoms with Gasteiger partial charge >= 0.3 is 6.09 Å². The molecule has 0 aliphatic rings. The fourth-order valence-corrected chi connectivity index (χ4v) is 4.17. The normalized spacial score (nSPS) is 11.4. The molecule has 3 aromatic rings. The molecule has 3 rings (SSSR count). The smallest absolute Gasteiger partial charge is 0.404 e. The maximum atomic E-state index is 14.2. The van der Waals surface area contributed by atoms with E-state index in [0.29, 0.717) is 21.7 Å². The van der Waals surface area contributed by atoms with Crippen LogP contribution in [-0.4, -0.2) is 35.1 Å². The summed E-state index contributed by atoms with van der Waals surface area (Å²) in [6.45, 7) is -0.0390. The maximum Gasteiger partial charge on any atom is 0.404 e. The Morgan fingerprint density at radius 1 is 1.17 bits per heavy atom. The number of carbonyl (C=O) groups is 1. The molecular weight excluding hydrogens is 411 g/mol. The highest BCUT2D eigenvalue weighted by molar-refractivity contribution is 7.90. The minimum atomic E-state index is -4.64. The van der Waals surface area contributed by atoms with E-state index in [2.05, 4.69) is 10.3 Å². The molecule has 0 saturated heterocycles. The fraction of sp³-hybridized carbons (Fsp3) is 0.111. The molecule has 0 unspecified atom stereocenters. The Morgan fingerprint density at radius 2 is 1.93 bits per heavy atom. The predicted molar refractivity (Wildman–Crippen MR) is 96.3 cm³/mol. The third-order valence-corrected chi connectivity index (χ3v) is 5.69. The van der Waals surface area contributed by atoms with Crippen LogP contribution in [0.15, 0.2) is 53.7 Å². The Labute approximate surface area is 163 Å². The van der Waals surface area contributed by atoms with Crippen LogP contribution in [0.4, 0.5) is 18.0 Å². The van der Waals surface area contributed by atoms with Gasteiger partial charge in [-0.3, -0.25) is 0 Å². The molecule has 152 valence electrons.